The first-order valence-electron chi connectivity index (χ1n) is 4.17. The molecule has 0 spiro atoms. The molecule has 4 nitrogen and oxygen atoms in total. The number of furan rings is 1. The topological polar surface area (TPSA) is 59.3 Å². The molecule has 0 bridgehead atoms. The SMILES string of the molecule is CC(=O)CNC(=O)/C=C/c1ccco1. The molecule has 1 amide bonds. The Bertz CT molecular complexity index is 338. The van der Waals surface area contributed by atoms with Crippen LogP contribution in [0.15, 0.2) is 28.9 Å². The molecule has 0 aliphatic carbocycles. The van der Waals surface area contributed by atoms with Gasteiger partial charge in [-0.05, 0) is 25.1 Å². The van der Waals surface area contributed by atoms with Crippen LogP contribution in [0.25, 0.3) is 6.08 Å². The Morgan fingerprint density at radius 1 is 1.57 bits per heavy atom. The zero-order chi connectivity index (χ0) is 10.4. The van der Waals surface area contributed by atoms with Gasteiger partial charge in [-0.15, -0.1) is 0 Å². The minimum absolute atomic E-state index is 0.0569. The number of amides is 1. The molecule has 1 rings (SSSR count). The molecule has 0 unspecified atom stereocenters. The predicted molar refractivity (Wildman–Crippen MR) is 51.4 cm³/mol. The normalized spacial score (nSPS) is 10.4. The van der Waals surface area contributed by atoms with Gasteiger partial charge in [0, 0.05) is 6.08 Å². The van der Waals surface area contributed by atoms with E-state index in [9.17, 15) is 9.59 Å². The van der Waals surface area contributed by atoms with Crippen LogP contribution < -0.4 is 5.32 Å². The lowest BCUT2D eigenvalue weighted by Gasteiger charge is -1.95. The Kier molecular flexibility index (Phi) is 3.67. The fraction of sp³-hybridized carbons (Fsp3) is 0.200. The number of Topliss-reactive ketones (excluding diaryl/α,β-unsaturated/α-hetero) is 1. The molecule has 14 heavy (non-hydrogen) atoms. The smallest absolute Gasteiger partial charge is 0.244 e. The lowest BCUT2D eigenvalue weighted by Crippen LogP contribution is -2.26. The van der Waals surface area contributed by atoms with Gasteiger partial charge in [0.25, 0.3) is 0 Å². The first-order chi connectivity index (χ1) is 6.68. The maximum atomic E-state index is 11.1. The molecule has 1 aromatic heterocycles. The van der Waals surface area contributed by atoms with Crippen LogP contribution >= 0.6 is 0 Å². The summed E-state index contributed by atoms with van der Waals surface area (Å²) in [5, 5.41) is 2.43. The first kappa shape index (κ1) is 10.2. The van der Waals surface area contributed by atoms with E-state index in [1.807, 2.05) is 0 Å². The van der Waals surface area contributed by atoms with Crippen LogP contribution in [0.2, 0.25) is 0 Å². The Morgan fingerprint density at radius 2 is 2.36 bits per heavy atom. The van der Waals surface area contributed by atoms with Crippen molar-refractivity contribution in [2.75, 3.05) is 6.54 Å². The minimum atomic E-state index is -0.309. The number of nitrogens with one attached hydrogen (secondary N) is 1. The van der Waals surface area contributed by atoms with Crippen molar-refractivity contribution in [3.05, 3.63) is 30.2 Å². The summed E-state index contributed by atoms with van der Waals surface area (Å²) in [5.41, 5.74) is 0. The maximum absolute atomic E-state index is 11.1. The average molecular weight is 193 g/mol. The number of hydrogen-bond donors (Lipinski definition) is 1. The second-order valence-electron chi connectivity index (χ2n) is 2.77. The van der Waals surface area contributed by atoms with E-state index in [2.05, 4.69) is 5.32 Å². The van der Waals surface area contributed by atoms with E-state index in [-0.39, 0.29) is 18.2 Å². The van der Waals surface area contributed by atoms with Gasteiger partial charge in [-0.2, -0.15) is 0 Å². The summed E-state index contributed by atoms with van der Waals surface area (Å²) in [7, 11) is 0. The van der Waals surface area contributed by atoms with E-state index in [4.69, 9.17) is 4.42 Å². The third-order valence-electron chi connectivity index (χ3n) is 1.45. The number of carbonyl (C=O) groups excluding carboxylic acids is 2. The first-order valence-corrected chi connectivity index (χ1v) is 4.17. The van der Waals surface area contributed by atoms with Gasteiger partial charge in [-0.1, -0.05) is 0 Å². The summed E-state index contributed by atoms with van der Waals surface area (Å²) in [6.45, 7) is 1.47. The second kappa shape index (κ2) is 5.01. The van der Waals surface area contributed by atoms with Crippen LogP contribution in [0.5, 0.6) is 0 Å². The van der Waals surface area contributed by atoms with Gasteiger partial charge in [0.05, 0.1) is 12.8 Å². The van der Waals surface area contributed by atoms with Crippen molar-refractivity contribution in [2.24, 2.45) is 0 Å². The van der Waals surface area contributed by atoms with E-state index in [1.165, 1.54) is 25.3 Å². The van der Waals surface area contributed by atoms with Crippen LogP contribution in [0.3, 0.4) is 0 Å². The highest BCUT2D eigenvalue weighted by Crippen LogP contribution is 2.01. The fourth-order valence-electron chi connectivity index (χ4n) is 0.814. The van der Waals surface area contributed by atoms with Crippen molar-refractivity contribution in [3.8, 4) is 0 Å². The molecular weight excluding hydrogens is 182 g/mol. The third kappa shape index (κ3) is 3.71. The molecule has 1 heterocycles. The quantitative estimate of drug-likeness (QED) is 0.725. The van der Waals surface area contributed by atoms with Crippen molar-refractivity contribution in [1.82, 2.24) is 5.32 Å². The highest BCUT2D eigenvalue weighted by Gasteiger charge is 1.97. The van der Waals surface area contributed by atoms with Crippen molar-refractivity contribution < 1.29 is 14.0 Å². The summed E-state index contributed by atoms with van der Waals surface area (Å²) in [5.74, 6) is 0.212. The van der Waals surface area contributed by atoms with E-state index >= 15 is 0 Å². The van der Waals surface area contributed by atoms with Crippen molar-refractivity contribution in [1.29, 1.82) is 0 Å². The Labute approximate surface area is 81.6 Å². The largest absolute Gasteiger partial charge is 0.465 e. The molecule has 0 atom stereocenters. The molecular formula is C10H11NO3. The molecule has 0 radical (unpaired) electrons. The standard InChI is InChI=1S/C10H11NO3/c1-8(12)7-11-10(13)5-4-9-3-2-6-14-9/h2-6H,7H2,1H3,(H,11,13)/b5-4+. The van der Waals surface area contributed by atoms with Gasteiger partial charge in [-0.3, -0.25) is 9.59 Å². The van der Waals surface area contributed by atoms with Gasteiger partial charge in [0.2, 0.25) is 5.91 Å². The molecule has 0 fully saturated rings. The zero-order valence-electron chi connectivity index (χ0n) is 7.82. The van der Waals surface area contributed by atoms with Crippen LogP contribution in [0, 0.1) is 0 Å². The monoisotopic (exact) mass is 193 g/mol. The van der Waals surface area contributed by atoms with Crippen LogP contribution in [0.1, 0.15) is 12.7 Å². The summed E-state index contributed by atoms with van der Waals surface area (Å²) >= 11 is 0. The van der Waals surface area contributed by atoms with Crippen molar-refractivity contribution in [2.45, 2.75) is 6.92 Å². The molecule has 1 N–H and O–H groups in total. The minimum Gasteiger partial charge on any atom is -0.465 e. The lowest BCUT2D eigenvalue weighted by molar-refractivity contribution is -0.121. The highest BCUT2D eigenvalue weighted by atomic mass is 16.3. The lowest BCUT2D eigenvalue weighted by atomic mass is 10.3. The molecule has 1 aromatic rings. The van der Waals surface area contributed by atoms with Crippen molar-refractivity contribution in [3.63, 3.8) is 0 Å². The summed E-state index contributed by atoms with van der Waals surface area (Å²) < 4.78 is 4.98. The van der Waals surface area contributed by atoms with E-state index < -0.39 is 0 Å². The number of hydrogen-bond acceptors (Lipinski definition) is 3. The predicted octanol–water partition coefficient (Wildman–Crippen LogP) is 0.998. The van der Waals surface area contributed by atoms with Gasteiger partial charge in [0.15, 0.2) is 0 Å². The number of carbonyl (C=O) groups is 2. The average Bonchev–Trinajstić information content (AvgIpc) is 2.63. The summed E-state index contributed by atoms with van der Waals surface area (Å²) in [4.78, 5) is 21.6. The van der Waals surface area contributed by atoms with Crippen LogP contribution in [-0.2, 0) is 9.59 Å². The van der Waals surface area contributed by atoms with E-state index in [0.717, 1.165) is 0 Å². The number of rotatable bonds is 4. The summed E-state index contributed by atoms with van der Waals surface area (Å²) in [6, 6.07) is 3.46. The summed E-state index contributed by atoms with van der Waals surface area (Å²) in [6.07, 6.45) is 4.38. The molecule has 0 saturated heterocycles. The molecule has 74 valence electrons. The molecule has 0 saturated carbocycles. The van der Waals surface area contributed by atoms with Gasteiger partial charge >= 0.3 is 0 Å². The molecule has 0 aliphatic rings. The van der Waals surface area contributed by atoms with Crippen molar-refractivity contribution >= 4 is 17.8 Å². The second-order valence-corrected chi connectivity index (χ2v) is 2.77. The van der Waals surface area contributed by atoms with Crippen LogP contribution in [-0.4, -0.2) is 18.2 Å². The van der Waals surface area contributed by atoms with E-state index in [1.54, 1.807) is 12.1 Å². The van der Waals surface area contributed by atoms with Gasteiger partial charge < -0.3 is 9.73 Å². The molecule has 0 aliphatic heterocycles. The van der Waals surface area contributed by atoms with Gasteiger partial charge in [0.1, 0.15) is 11.5 Å². The zero-order valence-corrected chi connectivity index (χ0v) is 7.82. The fourth-order valence-corrected chi connectivity index (χ4v) is 0.814. The Balaban J connectivity index is 2.37. The van der Waals surface area contributed by atoms with E-state index in [0.29, 0.717) is 5.76 Å². The third-order valence-corrected chi connectivity index (χ3v) is 1.45. The molecule has 0 aromatic carbocycles. The maximum Gasteiger partial charge on any atom is 0.244 e. The molecule has 4 heteroatoms. The van der Waals surface area contributed by atoms with Gasteiger partial charge in [-0.25, -0.2) is 0 Å². The Hall–Kier alpha value is -1.84. The highest BCUT2D eigenvalue weighted by molar-refractivity contribution is 5.93. The van der Waals surface area contributed by atoms with Crippen LogP contribution in [0.4, 0.5) is 0 Å². The number of ketones is 1. The Morgan fingerprint density at radius 3 is 2.93 bits per heavy atom.